The number of rotatable bonds is 8. The highest BCUT2D eigenvalue weighted by atomic mass is 35.5. The predicted molar refractivity (Wildman–Crippen MR) is 146 cm³/mol. The third-order valence-electron chi connectivity index (χ3n) is 5.93. The van der Waals surface area contributed by atoms with Gasteiger partial charge in [0, 0.05) is 5.56 Å². The number of amides is 3. The van der Waals surface area contributed by atoms with Gasteiger partial charge in [-0.2, -0.15) is 0 Å². The molecule has 4 N–H and O–H groups in total. The minimum atomic E-state index is -0.488. The van der Waals surface area contributed by atoms with Gasteiger partial charge in [-0.1, -0.05) is 48.0 Å². The number of nitrogens with two attached hydrogens (primary N) is 1. The second-order valence-electron chi connectivity index (χ2n) is 8.53. The molecule has 0 atom stereocenters. The highest BCUT2D eigenvalue weighted by Gasteiger charge is 2.37. The smallest absolute Gasteiger partial charge is 0.265 e. The monoisotopic (exact) mass is 544 g/mol. The summed E-state index contributed by atoms with van der Waals surface area (Å²) in [5, 5.41) is 10.3. The lowest BCUT2D eigenvalue weighted by atomic mass is 10.1. The van der Waals surface area contributed by atoms with Gasteiger partial charge in [-0.05, 0) is 53.6 Å². The molecule has 8 nitrogen and oxygen atoms in total. The average molecular weight is 545 g/mol. The molecular weight excluding hydrogens is 524 g/mol. The molecule has 38 heavy (non-hydrogen) atoms. The molecule has 4 aromatic rings. The molecule has 3 amide bonds. The topological polar surface area (TPSA) is 126 Å². The predicted octanol–water partition coefficient (Wildman–Crippen LogP) is 5.31. The summed E-state index contributed by atoms with van der Waals surface area (Å²) in [5.41, 5.74) is 8.38. The van der Waals surface area contributed by atoms with E-state index in [0.717, 1.165) is 21.8 Å². The molecule has 1 aliphatic rings. The van der Waals surface area contributed by atoms with E-state index in [0.29, 0.717) is 26.1 Å². The zero-order valence-electron chi connectivity index (χ0n) is 19.9. The number of halogens is 1. The van der Waals surface area contributed by atoms with E-state index in [-0.39, 0.29) is 35.8 Å². The molecule has 0 saturated carbocycles. The summed E-state index contributed by atoms with van der Waals surface area (Å²) in [6, 6.07) is 22.4. The fourth-order valence-electron chi connectivity index (χ4n) is 4.11. The van der Waals surface area contributed by atoms with Gasteiger partial charge in [0.1, 0.15) is 18.2 Å². The molecule has 3 aromatic carbocycles. The Bertz CT molecular complexity index is 1600. The summed E-state index contributed by atoms with van der Waals surface area (Å²) in [7, 11) is 0. The molecule has 0 bridgehead atoms. The van der Waals surface area contributed by atoms with Gasteiger partial charge in [0.2, 0.25) is 0 Å². The van der Waals surface area contributed by atoms with Crippen LogP contribution in [-0.4, -0.2) is 28.5 Å². The summed E-state index contributed by atoms with van der Waals surface area (Å²) in [6.45, 7) is 0.299. The van der Waals surface area contributed by atoms with Crippen LogP contribution in [0.25, 0.3) is 0 Å². The molecular formula is C28H21ClN4O4S. The highest BCUT2D eigenvalue weighted by Crippen LogP contribution is 2.32. The van der Waals surface area contributed by atoms with Crippen LogP contribution in [-0.2, 0) is 13.2 Å². The van der Waals surface area contributed by atoms with Gasteiger partial charge in [-0.25, -0.2) is 0 Å². The Morgan fingerprint density at radius 1 is 0.974 bits per heavy atom. The fourth-order valence-corrected chi connectivity index (χ4v) is 5.05. The van der Waals surface area contributed by atoms with Gasteiger partial charge in [0.25, 0.3) is 17.7 Å². The Balaban J connectivity index is 1.30. The molecule has 5 rings (SSSR count). The highest BCUT2D eigenvalue weighted by molar-refractivity contribution is 7.18. The van der Waals surface area contributed by atoms with Crippen LogP contribution in [0.5, 0.6) is 5.75 Å². The van der Waals surface area contributed by atoms with Crippen molar-refractivity contribution in [2.75, 3.05) is 5.32 Å². The number of nitrogens with one attached hydrogen (secondary N) is 2. The lowest BCUT2D eigenvalue weighted by molar-refractivity contribution is 0.0642. The number of imide groups is 1. The van der Waals surface area contributed by atoms with Crippen LogP contribution in [0.1, 0.15) is 47.1 Å². The standard InChI is InChI=1S/C28H21ClN4O4S/c29-23-11-10-22(38-23)26(34)32-21-9-3-8-20-24(21)28(36)33(27(20)35)14-16-4-2-7-19(13-16)37-15-17-5-1-6-18(12-17)25(30)31/h1-13H,14-15H2,(H3,30,31)(H,32,34). The molecule has 0 unspecified atom stereocenters. The van der Waals surface area contributed by atoms with Crippen molar-refractivity contribution >= 4 is 52.2 Å². The number of nitrogens with zero attached hydrogens (tertiary/aromatic N) is 1. The van der Waals surface area contributed by atoms with E-state index in [2.05, 4.69) is 5.32 Å². The number of anilines is 1. The molecule has 1 aliphatic heterocycles. The van der Waals surface area contributed by atoms with Crippen molar-refractivity contribution in [1.82, 2.24) is 4.90 Å². The maximum Gasteiger partial charge on any atom is 0.265 e. The van der Waals surface area contributed by atoms with Crippen LogP contribution >= 0.6 is 22.9 Å². The number of carbonyl (C=O) groups is 3. The normalized spacial score (nSPS) is 12.4. The van der Waals surface area contributed by atoms with Crippen molar-refractivity contribution in [3.05, 3.63) is 116 Å². The summed E-state index contributed by atoms with van der Waals surface area (Å²) in [4.78, 5) is 40.6. The van der Waals surface area contributed by atoms with Crippen LogP contribution in [0.15, 0.2) is 78.9 Å². The quantitative estimate of drug-likeness (QED) is 0.157. The number of carbonyl (C=O) groups excluding carboxylic acids is 3. The number of ether oxygens (including phenoxy) is 1. The number of amidine groups is 1. The zero-order valence-corrected chi connectivity index (χ0v) is 21.4. The summed E-state index contributed by atoms with van der Waals surface area (Å²) in [6.07, 6.45) is 0. The molecule has 0 aliphatic carbocycles. The van der Waals surface area contributed by atoms with Gasteiger partial charge in [-0.3, -0.25) is 24.7 Å². The average Bonchev–Trinajstić information content (AvgIpc) is 3.45. The number of nitrogen functional groups attached to an aromatic ring is 1. The van der Waals surface area contributed by atoms with E-state index in [1.54, 1.807) is 72.8 Å². The van der Waals surface area contributed by atoms with Gasteiger partial charge in [0.05, 0.1) is 32.6 Å². The minimum Gasteiger partial charge on any atom is -0.489 e. The van der Waals surface area contributed by atoms with E-state index in [1.165, 1.54) is 0 Å². The number of thiophene rings is 1. The third-order valence-corrected chi connectivity index (χ3v) is 7.16. The lowest BCUT2D eigenvalue weighted by Crippen LogP contribution is -2.29. The first kappa shape index (κ1) is 25.2. The molecule has 190 valence electrons. The van der Waals surface area contributed by atoms with Crippen molar-refractivity contribution in [3.63, 3.8) is 0 Å². The fraction of sp³-hybridized carbons (Fsp3) is 0.0714. The number of hydrogen-bond acceptors (Lipinski definition) is 6. The lowest BCUT2D eigenvalue weighted by Gasteiger charge is -2.15. The van der Waals surface area contributed by atoms with E-state index >= 15 is 0 Å². The van der Waals surface area contributed by atoms with Crippen molar-refractivity contribution in [2.45, 2.75) is 13.2 Å². The Hall–Kier alpha value is -4.47. The van der Waals surface area contributed by atoms with Crippen molar-refractivity contribution in [3.8, 4) is 5.75 Å². The van der Waals surface area contributed by atoms with Crippen LogP contribution in [0.3, 0.4) is 0 Å². The summed E-state index contributed by atoms with van der Waals surface area (Å²) >= 11 is 7.05. The van der Waals surface area contributed by atoms with Crippen LogP contribution in [0.2, 0.25) is 4.34 Å². The Morgan fingerprint density at radius 2 is 1.74 bits per heavy atom. The van der Waals surface area contributed by atoms with E-state index < -0.39 is 17.7 Å². The Morgan fingerprint density at radius 3 is 2.50 bits per heavy atom. The van der Waals surface area contributed by atoms with Gasteiger partial charge < -0.3 is 15.8 Å². The first-order valence-electron chi connectivity index (χ1n) is 11.5. The van der Waals surface area contributed by atoms with Gasteiger partial charge in [-0.15, -0.1) is 11.3 Å². The zero-order chi connectivity index (χ0) is 26.8. The summed E-state index contributed by atoms with van der Waals surface area (Å²) in [5.74, 6) is -0.791. The number of hydrogen-bond donors (Lipinski definition) is 3. The minimum absolute atomic E-state index is 0.0200. The van der Waals surface area contributed by atoms with Crippen LogP contribution in [0, 0.1) is 5.41 Å². The van der Waals surface area contributed by atoms with Crippen molar-refractivity contribution in [2.24, 2.45) is 5.73 Å². The first-order chi connectivity index (χ1) is 18.3. The molecule has 0 radical (unpaired) electrons. The second-order valence-corrected chi connectivity index (χ2v) is 10.2. The third kappa shape index (κ3) is 5.15. The van der Waals surface area contributed by atoms with E-state index in [1.807, 2.05) is 6.07 Å². The molecule has 10 heteroatoms. The largest absolute Gasteiger partial charge is 0.489 e. The Kier molecular flexibility index (Phi) is 6.95. The SMILES string of the molecule is N=C(N)c1cccc(COc2cccc(CN3C(=O)c4cccc(NC(=O)c5ccc(Cl)s5)c4C3=O)c2)c1. The second kappa shape index (κ2) is 10.5. The number of fused-ring (bicyclic) bond motifs is 1. The van der Waals surface area contributed by atoms with Gasteiger partial charge in [0.15, 0.2) is 0 Å². The van der Waals surface area contributed by atoms with E-state index in [4.69, 9.17) is 27.5 Å². The molecule has 0 spiro atoms. The maximum absolute atomic E-state index is 13.3. The Labute approximate surface area is 227 Å². The van der Waals surface area contributed by atoms with E-state index in [9.17, 15) is 14.4 Å². The number of benzene rings is 3. The molecule has 0 saturated heterocycles. The molecule has 1 aromatic heterocycles. The van der Waals surface area contributed by atoms with Crippen molar-refractivity contribution < 1.29 is 19.1 Å². The molecule has 2 heterocycles. The van der Waals surface area contributed by atoms with Gasteiger partial charge >= 0.3 is 0 Å². The maximum atomic E-state index is 13.3. The molecule has 0 fully saturated rings. The van der Waals surface area contributed by atoms with Crippen LogP contribution < -0.4 is 15.8 Å². The van der Waals surface area contributed by atoms with Crippen molar-refractivity contribution in [1.29, 1.82) is 5.41 Å². The van der Waals surface area contributed by atoms with Crippen LogP contribution in [0.4, 0.5) is 5.69 Å². The summed E-state index contributed by atoms with van der Waals surface area (Å²) < 4.78 is 6.37. The first-order valence-corrected chi connectivity index (χ1v) is 12.7.